The molecule has 0 aliphatic carbocycles. The van der Waals surface area contributed by atoms with Crippen molar-refractivity contribution in [2.24, 2.45) is 0 Å². The van der Waals surface area contributed by atoms with Gasteiger partial charge < -0.3 is 15.7 Å². The Morgan fingerprint density at radius 1 is 1.08 bits per heavy atom. The van der Waals surface area contributed by atoms with E-state index in [4.69, 9.17) is 5.11 Å². The van der Waals surface area contributed by atoms with Crippen molar-refractivity contribution in [3.05, 3.63) is 65.2 Å². The Bertz CT molecular complexity index is 684. The molecule has 1 atom stereocenters. The van der Waals surface area contributed by atoms with E-state index in [9.17, 15) is 4.79 Å². The molecular weight excluding hydrogens is 312 g/mol. The lowest BCUT2D eigenvalue weighted by atomic mass is 9.98. The quantitative estimate of drug-likeness (QED) is 0.681. The minimum atomic E-state index is -0.219. The van der Waals surface area contributed by atoms with Gasteiger partial charge in [-0.05, 0) is 42.4 Å². The Balaban J connectivity index is 2.14. The molecule has 2 aromatic rings. The number of rotatable bonds is 7. The SMILES string of the molecule is Cc1cccc(C(C)C)c1NC(=O)N[C@H](CCCO)c1ccccc1. The van der Waals surface area contributed by atoms with Crippen molar-refractivity contribution < 1.29 is 9.90 Å². The molecule has 0 bridgehead atoms. The van der Waals surface area contributed by atoms with Gasteiger partial charge in [0.15, 0.2) is 0 Å². The molecule has 0 spiro atoms. The Labute approximate surface area is 150 Å². The average molecular weight is 340 g/mol. The van der Waals surface area contributed by atoms with Gasteiger partial charge in [0.05, 0.1) is 6.04 Å². The molecular formula is C21H28N2O2. The summed E-state index contributed by atoms with van der Waals surface area (Å²) in [5, 5.41) is 15.2. The van der Waals surface area contributed by atoms with Crippen molar-refractivity contribution in [1.82, 2.24) is 5.32 Å². The maximum absolute atomic E-state index is 12.6. The summed E-state index contributed by atoms with van der Waals surface area (Å²) >= 11 is 0. The van der Waals surface area contributed by atoms with Crippen LogP contribution in [-0.4, -0.2) is 17.7 Å². The Morgan fingerprint density at radius 3 is 2.44 bits per heavy atom. The molecule has 4 heteroatoms. The molecule has 2 amide bonds. The van der Waals surface area contributed by atoms with Gasteiger partial charge in [0.2, 0.25) is 0 Å². The lowest BCUT2D eigenvalue weighted by molar-refractivity contribution is 0.243. The summed E-state index contributed by atoms with van der Waals surface area (Å²) < 4.78 is 0. The predicted octanol–water partition coefficient (Wildman–Crippen LogP) is 4.75. The molecule has 0 aliphatic rings. The number of para-hydroxylation sites is 1. The van der Waals surface area contributed by atoms with Crippen LogP contribution in [0.25, 0.3) is 0 Å². The lowest BCUT2D eigenvalue weighted by Gasteiger charge is -2.21. The summed E-state index contributed by atoms with van der Waals surface area (Å²) in [4.78, 5) is 12.6. The molecule has 134 valence electrons. The van der Waals surface area contributed by atoms with Crippen molar-refractivity contribution in [3.8, 4) is 0 Å². The normalized spacial score (nSPS) is 12.0. The summed E-state index contributed by atoms with van der Waals surface area (Å²) in [6.07, 6.45) is 1.33. The van der Waals surface area contributed by atoms with Crippen molar-refractivity contribution in [3.63, 3.8) is 0 Å². The summed E-state index contributed by atoms with van der Waals surface area (Å²) in [5.41, 5.74) is 4.10. The van der Waals surface area contributed by atoms with Crippen LogP contribution in [-0.2, 0) is 0 Å². The van der Waals surface area contributed by atoms with E-state index < -0.39 is 0 Å². The molecule has 4 nitrogen and oxygen atoms in total. The number of carbonyl (C=O) groups excluding carboxylic acids is 1. The van der Waals surface area contributed by atoms with Gasteiger partial charge in [0.1, 0.15) is 0 Å². The molecule has 0 aromatic heterocycles. The summed E-state index contributed by atoms with van der Waals surface area (Å²) in [6, 6.07) is 15.6. The molecule has 0 saturated heterocycles. The van der Waals surface area contributed by atoms with E-state index in [0.717, 1.165) is 22.4 Å². The van der Waals surface area contributed by atoms with E-state index >= 15 is 0 Å². The minimum absolute atomic E-state index is 0.113. The van der Waals surface area contributed by atoms with Gasteiger partial charge in [-0.25, -0.2) is 4.79 Å². The van der Waals surface area contributed by atoms with E-state index in [1.807, 2.05) is 55.5 Å². The van der Waals surface area contributed by atoms with Gasteiger partial charge in [0.25, 0.3) is 0 Å². The van der Waals surface area contributed by atoms with Gasteiger partial charge in [-0.15, -0.1) is 0 Å². The number of nitrogens with one attached hydrogen (secondary N) is 2. The number of aliphatic hydroxyl groups excluding tert-OH is 1. The molecule has 0 unspecified atom stereocenters. The number of aryl methyl sites for hydroxylation is 1. The summed E-state index contributed by atoms with van der Waals surface area (Å²) in [6.45, 7) is 6.35. The zero-order valence-corrected chi connectivity index (χ0v) is 15.3. The molecule has 2 aromatic carbocycles. The average Bonchev–Trinajstić information content (AvgIpc) is 2.60. The number of urea groups is 1. The number of amides is 2. The van der Waals surface area contributed by atoms with E-state index in [2.05, 4.69) is 24.5 Å². The largest absolute Gasteiger partial charge is 0.396 e. The molecule has 0 heterocycles. The van der Waals surface area contributed by atoms with Gasteiger partial charge in [-0.3, -0.25) is 0 Å². The number of aliphatic hydroxyl groups is 1. The number of benzene rings is 2. The van der Waals surface area contributed by atoms with Crippen molar-refractivity contribution >= 4 is 11.7 Å². The highest BCUT2D eigenvalue weighted by molar-refractivity contribution is 5.91. The highest BCUT2D eigenvalue weighted by Gasteiger charge is 2.16. The van der Waals surface area contributed by atoms with Crippen LogP contribution in [0.5, 0.6) is 0 Å². The van der Waals surface area contributed by atoms with E-state index in [0.29, 0.717) is 18.8 Å². The van der Waals surface area contributed by atoms with Gasteiger partial charge >= 0.3 is 6.03 Å². The maximum Gasteiger partial charge on any atom is 0.319 e. The third kappa shape index (κ3) is 5.33. The monoisotopic (exact) mass is 340 g/mol. The number of hydrogen-bond donors (Lipinski definition) is 3. The van der Waals surface area contributed by atoms with Crippen LogP contribution < -0.4 is 10.6 Å². The zero-order chi connectivity index (χ0) is 18.2. The fourth-order valence-electron chi connectivity index (χ4n) is 2.95. The fraction of sp³-hybridized carbons (Fsp3) is 0.381. The van der Waals surface area contributed by atoms with Crippen LogP contribution in [0, 0.1) is 6.92 Å². The zero-order valence-electron chi connectivity index (χ0n) is 15.3. The van der Waals surface area contributed by atoms with Crippen LogP contribution in [0.3, 0.4) is 0 Å². The van der Waals surface area contributed by atoms with Gasteiger partial charge in [-0.2, -0.15) is 0 Å². The van der Waals surface area contributed by atoms with E-state index in [1.54, 1.807) is 0 Å². The predicted molar refractivity (Wildman–Crippen MR) is 103 cm³/mol. The maximum atomic E-state index is 12.6. The Hall–Kier alpha value is -2.33. The molecule has 25 heavy (non-hydrogen) atoms. The van der Waals surface area contributed by atoms with Crippen LogP contribution in [0.1, 0.15) is 55.3 Å². The summed E-state index contributed by atoms with van der Waals surface area (Å²) in [7, 11) is 0. The highest BCUT2D eigenvalue weighted by atomic mass is 16.3. The molecule has 0 aliphatic heterocycles. The van der Waals surface area contributed by atoms with Crippen LogP contribution >= 0.6 is 0 Å². The van der Waals surface area contributed by atoms with Crippen LogP contribution in [0.15, 0.2) is 48.5 Å². The second-order valence-corrected chi connectivity index (χ2v) is 6.62. The van der Waals surface area contributed by atoms with Crippen LogP contribution in [0.4, 0.5) is 10.5 Å². The van der Waals surface area contributed by atoms with Crippen molar-refractivity contribution in [1.29, 1.82) is 0 Å². The first-order valence-electron chi connectivity index (χ1n) is 8.85. The van der Waals surface area contributed by atoms with Crippen molar-refractivity contribution in [2.75, 3.05) is 11.9 Å². The molecule has 0 fully saturated rings. The summed E-state index contributed by atoms with van der Waals surface area (Å²) in [5.74, 6) is 0.328. The van der Waals surface area contributed by atoms with Crippen LogP contribution in [0.2, 0.25) is 0 Å². The first-order chi connectivity index (χ1) is 12.0. The highest BCUT2D eigenvalue weighted by Crippen LogP contribution is 2.27. The van der Waals surface area contributed by atoms with Crippen molar-refractivity contribution in [2.45, 2.75) is 45.6 Å². The topological polar surface area (TPSA) is 61.4 Å². The minimum Gasteiger partial charge on any atom is -0.396 e. The molecule has 0 radical (unpaired) electrons. The first kappa shape index (κ1) is 19.0. The van der Waals surface area contributed by atoms with E-state index in [1.165, 1.54) is 0 Å². The Kier molecular flexibility index (Phi) is 7.02. The molecule has 2 rings (SSSR count). The number of carbonyl (C=O) groups is 1. The van der Waals surface area contributed by atoms with E-state index in [-0.39, 0.29) is 18.7 Å². The van der Waals surface area contributed by atoms with Gasteiger partial charge in [-0.1, -0.05) is 62.4 Å². The second kappa shape index (κ2) is 9.23. The number of hydrogen-bond acceptors (Lipinski definition) is 2. The Morgan fingerprint density at radius 2 is 1.80 bits per heavy atom. The molecule has 0 saturated carbocycles. The number of anilines is 1. The smallest absolute Gasteiger partial charge is 0.319 e. The standard InChI is InChI=1S/C21H28N2O2/c1-15(2)18-12-7-9-16(3)20(18)23-21(25)22-19(13-8-14-24)17-10-5-4-6-11-17/h4-7,9-12,15,19,24H,8,13-14H2,1-3H3,(H2,22,23,25)/t19-/m1/s1. The second-order valence-electron chi connectivity index (χ2n) is 6.62. The molecule has 3 N–H and O–H groups in total. The third-order valence-corrected chi connectivity index (χ3v) is 4.32. The lowest BCUT2D eigenvalue weighted by Crippen LogP contribution is -2.33. The fourth-order valence-corrected chi connectivity index (χ4v) is 2.95. The third-order valence-electron chi connectivity index (χ3n) is 4.32. The first-order valence-corrected chi connectivity index (χ1v) is 8.85. The van der Waals surface area contributed by atoms with Gasteiger partial charge in [0, 0.05) is 12.3 Å².